The summed E-state index contributed by atoms with van der Waals surface area (Å²) in [6.45, 7) is 3.48. The molecule has 3 aromatic rings. The Bertz CT molecular complexity index is 937. The van der Waals surface area contributed by atoms with Crippen LogP contribution in [-0.4, -0.2) is 36.1 Å². The molecule has 1 saturated heterocycles. The van der Waals surface area contributed by atoms with Crippen LogP contribution in [0, 0.1) is 10.1 Å². The van der Waals surface area contributed by atoms with Gasteiger partial charge in [-0.25, -0.2) is 4.98 Å². The summed E-state index contributed by atoms with van der Waals surface area (Å²) in [6.07, 6.45) is 0. The lowest BCUT2D eigenvalue weighted by molar-refractivity contribution is -0.384. The van der Waals surface area contributed by atoms with E-state index in [4.69, 9.17) is 11.6 Å². The van der Waals surface area contributed by atoms with E-state index in [0.717, 1.165) is 52.2 Å². The van der Waals surface area contributed by atoms with E-state index in [2.05, 4.69) is 20.9 Å². The molecule has 2 aromatic carbocycles. The molecule has 1 aliphatic heterocycles. The summed E-state index contributed by atoms with van der Waals surface area (Å²) in [6, 6.07) is 12.7. The maximum atomic E-state index is 10.9. The summed E-state index contributed by atoms with van der Waals surface area (Å²) in [4.78, 5) is 19.7. The Morgan fingerprint density at radius 1 is 1.08 bits per heavy atom. The van der Waals surface area contributed by atoms with Crippen molar-refractivity contribution in [3.05, 3.63) is 57.6 Å². The number of nitrogens with zero attached hydrogens (tertiary/aromatic N) is 4. The highest BCUT2D eigenvalue weighted by molar-refractivity contribution is 7.22. The molecular formula is C17H15ClN4O2S. The van der Waals surface area contributed by atoms with Gasteiger partial charge in [0.05, 0.1) is 15.1 Å². The molecule has 2 heterocycles. The third-order valence-electron chi connectivity index (χ3n) is 4.30. The SMILES string of the molecule is O=[N+]([O-])c1ccc2nc(N3CCN(c4cccc(Cl)c4)CC3)sc2c1. The van der Waals surface area contributed by atoms with Crippen molar-refractivity contribution in [3.63, 3.8) is 0 Å². The summed E-state index contributed by atoms with van der Waals surface area (Å²) < 4.78 is 0.849. The summed E-state index contributed by atoms with van der Waals surface area (Å²) in [5.41, 5.74) is 2.04. The molecule has 6 nitrogen and oxygen atoms in total. The zero-order chi connectivity index (χ0) is 17.4. The van der Waals surface area contributed by atoms with Crippen LogP contribution in [0.3, 0.4) is 0 Å². The standard InChI is InChI=1S/C17H15ClN4O2S/c18-12-2-1-3-13(10-12)20-6-8-21(9-7-20)17-19-15-5-4-14(22(23)24)11-16(15)25-17/h1-5,10-11H,6-9H2. The highest BCUT2D eigenvalue weighted by atomic mass is 35.5. The Morgan fingerprint density at radius 2 is 1.84 bits per heavy atom. The van der Waals surface area contributed by atoms with Crippen LogP contribution in [0.4, 0.5) is 16.5 Å². The van der Waals surface area contributed by atoms with Crippen LogP contribution in [0.25, 0.3) is 10.2 Å². The van der Waals surface area contributed by atoms with Crippen molar-refractivity contribution in [1.29, 1.82) is 0 Å². The van der Waals surface area contributed by atoms with E-state index in [1.54, 1.807) is 12.1 Å². The first-order valence-corrected chi connectivity index (χ1v) is 9.10. The highest BCUT2D eigenvalue weighted by Crippen LogP contribution is 2.32. The van der Waals surface area contributed by atoms with Crippen LogP contribution in [0.5, 0.6) is 0 Å². The van der Waals surface area contributed by atoms with Crippen LogP contribution in [0.1, 0.15) is 0 Å². The second kappa shape index (κ2) is 6.50. The first kappa shape index (κ1) is 16.1. The van der Waals surface area contributed by atoms with Gasteiger partial charge in [0.2, 0.25) is 0 Å². The summed E-state index contributed by atoms with van der Waals surface area (Å²) in [5, 5.41) is 12.6. The number of fused-ring (bicyclic) bond motifs is 1. The number of nitro groups is 1. The van der Waals surface area contributed by atoms with E-state index in [1.807, 2.05) is 18.2 Å². The number of halogens is 1. The number of nitro benzene ring substituents is 1. The van der Waals surface area contributed by atoms with Crippen molar-refractivity contribution in [2.45, 2.75) is 0 Å². The second-order valence-electron chi connectivity index (χ2n) is 5.86. The lowest BCUT2D eigenvalue weighted by Gasteiger charge is -2.36. The van der Waals surface area contributed by atoms with Crippen molar-refractivity contribution in [2.24, 2.45) is 0 Å². The van der Waals surface area contributed by atoms with Crippen LogP contribution in [-0.2, 0) is 0 Å². The predicted molar refractivity (Wildman–Crippen MR) is 102 cm³/mol. The Labute approximate surface area is 153 Å². The smallest absolute Gasteiger partial charge is 0.270 e. The lowest BCUT2D eigenvalue weighted by atomic mass is 10.2. The molecule has 0 amide bonds. The van der Waals surface area contributed by atoms with Gasteiger partial charge >= 0.3 is 0 Å². The third-order valence-corrected chi connectivity index (χ3v) is 5.61. The van der Waals surface area contributed by atoms with Crippen LogP contribution in [0.2, 0.25) is 5.02 Å². The largest absolute Gasteiger partial charge is 0.368 e. The fourth-order valence-electron chi connectivity index (χ4n) is 2.98. The molecule has 0 unspecified atom stereocenters. The van der Waals surface area contributed by atoms with Crippen LogP contribution >= 0.6 is 22.9 Å². The van der Waals surface area contributed by atoms with Crippen molar-refractivity contribution < 1.29 is 4.92 Å². The van der Waals surface area contributed by atoms with Gasteiger partial charge in [-0.15, -0.1) is 0 Å². The molecule has 4 rings (SSSR count). The fraction of sp³-hybridized carbons (Fsp3) is 0.235. The van der Waals surface area contributed by atoms with Gasteiger partial charge in [-0.05, 0) is 24.3 Å². The quantitative estimate of drug-likeness (QED) is 0.508. The number of hydrogen-bond acceptors (Lipinski definition) is 6. The summed E-state index contributed by atoms with van der Waals surface area (Å²) in [7, 11) is 0. The average molecular weight is 375 g/mol. The Kier molecular flexibility index (Phi) is 4.19. The van der Waals surface area contributed by atoms with Gasteiger partial charge in [-0.1, -0.05) is 29.0 Å². The minimum atomic E-state index is -0.372. The van der Waals surface area contributed by atoms with Gasteiger partial charge in [-0.2, -0.15) is 0 Å². The number of benzene rings is 2. The number of thiazole rings is 1. The van der Waals surface area contributed by atoms with E-state index in [-0.39, 0.29) is 10.6 Å². The van der Waals surface area contributed by atoms with Crippen molar-refractivity contribution >= 4 is 49.7 Å². The number of non-ortho nitro benzene ring substituents is 1. The number of rotatable bonds is 3. The van der Waals surface area contributed by atoms with E-state index in [0.29, 0.717) is 0 Å². The van der Waals surface area contributed by atoms with Gasteiger partial charge in [-0.3, -0.25) is 10.1 Å². The molecule has 0 N–H and O–H groups in total. The molecule has 25 heavy (non-hydrogen) atoms. The van der Waals surface area contributed by atoms with Gasteiger partial charge < -0.3 is 9.80 Å². The molecule has 0 spiro atoms. The van der Waals surface area contributed by atoms with Gasteiger partial charge in [0, 0.05) is 49.0 Å². The molecule has 8 heteroatoms. The zero-order valence-corrected chi connectivity index (χ0v) is 14.8. The van der Waals surface area contributed by atoms with Gasteiger partial charge in [0.1, 0.15) is 0 Å². The summed E-state index contributed by atoms with van der Waals surface area (Å²) in [5.74, 6) is 0. The maximum absolute atomic E-state index is 10.9. The fourth-order valence-corrected chi connectivity index (χ4v) is 4.21. The maximum Gasteiger partial charge on any atom is 0.270 e. The van der Waals surface area contributed by atoms with Gasteiger partial charge in [0.25, 0.3) is 5.69 Å². The first-order chi connectivity index (χ1) is 12.1. The van der Waals surface area contributed by atoms with Crippen LogP contribution in [0.15, 0.2) is 42.5 Å². The molecule has 0 radical (unpaired) electrons. The van der Waals surface area contributed by atoms with Gasteiger partial charge in [0.15, 0.2) is 5.13 Å². The number of anilines is 2. The molecule has 0 atom stereocenters. The molecule has 1 aromatic heterocycles. The lowest BCUT2D eigenvalue weighted by Crippen LogP contribution is -2.46. The molecule has 0 saturated carbocycles. The number of aromatic nitrogens is 1. The Hall–Kier alpha value is -2.38. The van der Waals surface area contributed by atoms with E-state index >= 15 is 0 Å². The predicted octanol–water partition coefficient (Wildman–Crippen LogP) is 4.18. The normalized spacial score (nSPS) is 14.9. The van der Waals surface area contributed by atoms with Crippen molar-refractivity contribution in [3.8, 4) is 0 Å². The van der Waals surface area contributed by atoms with Crippen molar-refractivity contribution in [1.82, 2.24) is 4.98 Å². The molecule has 128 valence electrons. The first-order valence-electron chi connectivity index (χ1n) is 7.90. The molecule has 1 fully saturated rings. The topological polar surface area (TPSA) is 62.5 Å². The number of piperazine rings is 1. The monoisotopic (exact) mass is 374 g/mol. The average Bonchev–Trinajstić information content (AvgIpc) is 3.05. The summed E-state index contributed by atoms with van der Waals surface area (Å²) >= 11 is 7.58. The second-order valence-corrected chi connectivity index (χ2v) is 7.31. The van der Waals surface area contributed by atoms with E-state index < -0.39 is 0 Å². The molecule has 0 aliphatic carbocycles. The molecule has 0 bridgehead atoms. The van der Waals surface area contributed by atoms with Crippen LogP contribution < -0.4 is 9.80 Å². The minimum absolute atomic E-state index is 0.105. The Morgan fingerprint density at radius 3 is 2.56 bits per heavy atom. The van der Waals surface area contributed by atoms with E-state index in [9.17, 15) is 10.1 Å². The van der Waals surface area contributed by atoms with E-state index in [1.165, 1.54) is 17.4 Å². The number of hydrogen-bond donors (Lipinski definition) is 0. The van der Waals surface area contributed by atoms with Crippen molar-refractivity contribution in [2.75, 3.05) is 36.0 Å². The molecular weight excluding hydrogens is 360 g/mol. The minimum Gasteiger partial charge on any atom is -0.368 e. The zero-order valence-electron chi connectivity index (χ0n) is 13.3. The highest BCUT2D eigenvalue weighted by Gasteiger charge is 2.21. The Balaban J connectivity index is 1.50. The third kappa shape index (κ3) is 3.25. The molecule has 1 aliphatic rings.